The van der Waals surface area contributed by atoms with Crippen LogP contribution in [0, 0.1) is 0 Å². The molecule has 4 rings (SSSR count). The van der Waals surface area contributed by atoms with E-state index in [1.54, 1.807) is 37.3 Å². The van der Waals surface area contributed by atoms with Gasteiger partial charge < -0.3 is 10.6 Å². The van der Waals surface area contributed by atoms with E-state index in [0.29, 0.717) is 5.69 Å². The van der Waals surface area contributed by atoms with E-state index in [1.165, 1.54) is 28.8 Å². The van der Waals surface area contributed by atoms with Gasteiger partial charge in [-0.1, -0.05) is 79.9 Å². The molecule has 3 aromatic rings. The SMILES string of the molecule is C=C/C=C(\C=C)C(C)NC(=O)Nc1ccc(S(=O)(=O)C(C)c2ccc3c(c2)CN(Cc2ccccc2)C3)cc1. The van der Waals surface area contributed by atoms with Crippen molar-refractivity contribution in [3.8, 4) is 0 Å². The number of anilines is 1. The molecule has 0 radical (unpaired) electrons. The molecule has 3 aromatic carbocycles. The number of hydrogen-bond donors (Lipinski definition) is 2. The Labute approximate surface area is 231 Å². The molecule has 0 aromatic heterocycles. The van der Waals surface area contributed by atoms with E-state index in [9.17, 15) is 13.2 Å². The number of carbonyl (C=O) groups excluding carboxylic acids is 1. The highest BCUT2D eigenvalue weighted by molar-refractivity contribution is 7.91. The molecule has 0 saturated heterocycles. The van der Waals surface area contributed by atoms with Crippen molar-refractivity contribution in [3.05, 3.63) is 132 Å². The van der Waals surface area contributed by atoms with Crippen molar-refractivity contribution in [2.75, 3.05) is 5.32 Å². The molecule has 2 unspecified atom stereocenters. The zero-order valence-electron chi connectivity index (χ0n) is 22.4. The van der Waals surface area contributed by atoms with Gasteiger partial charge in [-0.25, -0.2) is 13.2 Å². The third kappa shape index (κ3) is 6.74. The molecule has 0 saturated carbocycles. The number of benzene rings is 3. The van der Waals surface area contributed by atoms with Gasteiger partial charge in [-0.2, -0.15) is 0 Å². The second kappa shape index (κ2) is 12.3. The van der Waals surface area contributed by atoms with E-state index in [4.69, 9.17) is 0 Å². The van der Waals surface area contributed by atoms with Crippen LogP contribution in [0.5, 0.6) is 0 Å². The first-order chi connectivity index (χ1) is 18.7. The minimum Gasteiger partial charge on any atom is -0.331 e. The second-order valence-corrected chi connectivity index (χ2v) is 12.1. The van der Waals surface area contributed by atoms with Crippen molar-refractivity contribution in [2.45, 2.75) is 49.7 Å². The number of carbonyl (C=O) groups is 1. The molecule has 2 atom stereocenters. The fourth-order valence-corrected chi connectivity index (χ4v) is 6.20. The number of nitrogens with one attached hydrogen (secondary N) is 2. The molecule has 2 N–H and O–H groups in total. The van der Waals surface area contributed by atoms with Gasteiger partial charge in [0.25, 0.3) is 0 Å². The molecule has 0 aliphatic carbocycles. The van der Waals surface area contributed by atoms with Crippen LogP contribution in [0.4, 0.5) is 10.5 Å². The number of urea groups is 1. The van der Waals surface area contributed by atoms with Crippen LogP contribution in [0.2, 0.25) is 0 Å². The smallest absolute Gasteiger partial charge is 0.319 e. The van der Waals surface area contributed by atoms with Gasteiger partial charge in [0.2, 0.25) is 0 Å². The van der Waals surface area contributed by atoms with Gasteiger partial charge in [0, 0.05) is 25.3 Å². The Hall–Kier alpha value is -3.94. The van der Waals surface area contributed by atoms with Crippen LogP contribution in [0.1, 0.15) is 41.4 Å². The Balaban J connectivity index is 1.40. The molecule has 6 nitrogen and oxygen atoms in total. The van der Waals surface area contributed by atoms with Gasteiger partial charge in [-0.15, -0.1) is 0 Å². The Bertz CT molecular complexity index is 1480. The van der Waals surface area contributed by atoms with Crippen LogP contribution in [0.25, 0.3) is 0 Å². The minimum atomic E-state index is -3.63. The predicted octanol–water partition coefficient (Wildman–Crippen LogP) is 6.55. The molecule has 0 bridgehead atoms. The zero-order valence-corrected chi connectivity index (χ0v) is 23.2. The number of amides is 2. The molecule has 202 valence electrons. The molecule has 0 spiro atoms. The van der Waals surface area contributed by atoms with Gasteiger partial charge in [-0.3, -0.25) is 4.90 Å². The topological polar surface area (TPSA) is 78.5 Å². The summed E-state index contributed by atoms with van der Waals surface area (Å²) in [4.78, 5) is 15.0. The van der Waals surface area contributed by atoms with Crippen molar-refractivity contribution in [1.82, 2.24) is 10.2 Å². The van der Waals surface area contributed by atoms with Crippen molar-refractivity contribution >= 4 is 21.6 Å². The van der Waals surface area contributed by atoms with E-state index in [2.05, 4.69) is 46.9 Å². The second-order valence-electron chi connectivity index (χ2n) is 9.80. The maximum Gasteiger partial charge on any atom is 0.319 e. The lowest BCUT2D eigenvalue weighted by atomic mass is 10.0. The quantitative estimate of drug-likeness (QED) is 0.286. The van der Waals surface area contributed by atoms with Gasteiger partial charge in [0.05, 0.1) is 16.2 Å². The van der Waals surface area contributed by atoms with Gasteiger partial charge in [-0.05, 0) is 65.9 Å². The largest absolute Gasteiger partial charge is 0.331 e. The summed E-state index contributed by atoms with van der Waals surface area (Å²) in [7, 11) is -3.63. The van der Waals surface area contributed by atoms with Crippen LogP contribution in [0.15, 0.2) is 115 Å². The van der Waals surface area contributed by atoms with E-state index < -0.39 is 21.1 Å². The minimum absolute atomic E-state index is 0.211. The number of sulfone groups is 1. The molecule has 1 heterocycles. The van der Waals surface area contributed by atoms with E-state index in [0.717, 1.165) is 30.8 Å². The van der Waals surface area contributed by atoms with Gasteiger partial charge in [0.15, 0.2) is 9.84 Å². The predicted molar refractivity (Wildman–Crippen MR) is 158 cm³/mol. The maximum absolute atomic E-state index is 13.5. The Morgan fingerprint density at radius 2 is 1.67 bits per heavy atom. The Morgan fingerprint density at radius 1 is 0.974 bits per heavy atom. The van der Waals surface area contributed by atoms with Crippen LogP contribution in [-0.2, 0) is 29.5 Å². The van der Waals surface area contributed by atoms with Crippen molar-refractivity contribution in [2.24, 2.45) is 0 Å². The standard InChI is InChI=1S/C32H35N3O3S/c1-5-10-26(6-2)23(3)33-32(36)34-30-15-17-31(18-16-30)39(37,38)24(4)27-13-14-28-21-35(22-29(28)19-27)20-25-11-8-7-9-12-25/h5-19,23-24H,1-2,20-22H2,3-4H3,(H2,33,34,36)/b26-10+. The van der Waals surface area contributed by atoms with Crippen molar-refractivity contribution in [3.63, 3.8) is 0 Å². The number of rotatable bonds is 10. The van der Waals surface area contributed by atoms with Crippen LogP contribution in [0.3, 0.4) is 0 Å². The monoisotopic (exact) mass is 541 g/mol. The number of allylic oxidation sites excluding steroid dienone is 2. The highest BCUT2D eigenvalue weighted by Gasteiger charge is 2.27. The third-order valence-corrected chi connectivity index (χ3v) is 9.17. The van der Waals surface area contributed by atoms with Crippen LogP contribution < -0.4 is 10.6 Å². The summed E-state index contributed by atoms with van der Waals surface area (Å²) in [6.45, 7) is 13.5. The molecule has 0 fully saturated rings. The lowest BCUT2D eigenvalue weighted by molar-refractivity contribution is 0.250. The molecule has 1 aliphatic rings. The number of fused-ring (bicyclic) bond motifs is 1. The highest BCUT2D eigenvalue weighted by Crippen LogP contribution is 2.33. The lowest BCUT2D eigenvalue weighted by Crippen LogP contribution is -2.36. The fraction of sp³-hybridized carbons (Fsp3) is 0.219. The molecule has 2 amide bonds. The first kappa shape index (κ1) is 28.1. The normalized spacial score (nSPS) is 15.2. The lowest BCUT2D eigenvalue weighted by Gasteiger charge is -2.17. The first-order valence-electron chi connectivity index (χ1n) is 13.0. The number of hydrogen-bond acceptors (Lipinski definition) is 4. The van der Waals surface area contributed by atoms with Crippen molar-refractivity contribution in [1.29, 1.82) is 0 Å². The summed E-state index contributed by atoms with van der Waals surface area (Å²) >= 11 is 0. The van der Waals surface area contributed by atoms with E-state index in [-0.39, 0.29) is 10.9 Å². The molecule has 7 heteroatoms. The van der Waals surface area contributed by atoms with E-state index in [1.807, 2.05) is 37.3 Å². The molecule has 1 aliphatic heterocycles. The Kier molecular flexibility index (Phi) is 8.84. The van der Waals surface area contributed by atoms with Crippen LogP contribution >= 0.6 is 0 Å². The maximum atomic E-state index is 13.5. The highest BCUT2D eigenvalue weighted by atomic mass is 32.2. The molecule has 39 heavy (non-hydrogen) atoms. The summed E-state index contributed by atoms with van der Waals surface area (Å²) in [6, 6.07) is 22.0. The number of nitrogens with zero attached hydrogens (tertiary/aromatic N) is 1. The van der Waals surface area contributed by atoms with Crippen LogP contribution in [-0.4, -0.2) is 25.4 Å². The third-order valence-electron chi connectivity index (χ3n) is 7.04. The molecular formula is C32H35N3O3S. The first-order valence-corrected chi connectivity index (χ1v) is 14.5. The summed E-state index contributed by atoms with van der Waals surface area (Å²) < 4.78 is 26.9. The Morgan fingerprint density at radius 3 is 2.33 bits per heavy atom. The average Bonchev–Trinajstić information content (AvgIpc) is 3.33. The summed E-state index contributed by atoms with van der Waals surface area (Å²) in [6.07, 6.45) is 5.08. The summed E-state index contributed by atoms with van der Waals surface area (Å²) in [5, 5.41) is 4.87. The fourth-order valence-electron chi connectivity index (χ4n) is 4.77. The van der Waals surface area contributed by atoms with E-state index >= 15 is 0 Å². The molecular weight excluding hydrogens is 506 g/mol. The summed E-state index contributed by atoms with van der Waals surface area (Å²) in [5.41, 5.74) is 5.77. The van der Waals surface area contributed by atoms with Crippen molar-refractivity contribution < 1.29 is 13.2 Å². The average molecular weight is 542 g/mol. The summed E-state index contributed by atoms with van der Waals surface area (Å²) in [5.74, 6) is 0. The van der Waals surface area contributed by atoms with Gasteiger partial charge in [0.1, 0.15) is 0 Å². The van der Waals surface area contributed by atoms with Gasteiger partial charge >= 0.3 is 6.03 Å². The zero-order chi connectivity index (χ0) is 28.0.